The first-order chi connectivity index (χ1) is 12.4. The quantitative estimate of drug-likeness (QED) is 0.340. The highest BCUT2D eigenvalue weighted by Gasteiger charge is 2.41. The highest BCUT2D eigenvalue weighted by Crippen LogP contribution is 2.45. The number of nitrogens with zero attached hydrogens (tertiary/aromatic N) is 2. The highest BCUT2D eigenvalue weighted by atomic mass is 32.2. The summed E-state index contributed by atoms with van der Waals surface area (Å²) in [6.45, 7) is 1.53. The van der Waals surface area contributed by atoms with Gasteiger partial charge in [-0.1, -0.05) is 30.3 Å². The zero-order chi connectivity index (χ0) is 18.9. The lowest BCUT2D eigenvalue weighted by atomic mass is 10.1. The maximum atomic E-state index is 13.7. The number of rotatable bonds is 4. The minimum atomic E-state index is -4.72. The first-order valence-electron chi connectivity index (χ1n) is 7.55. The van der Waals surface area contributed by atoms with Crippen LogP contribution < -0.4 is 0 Å². The van der Waals surface area contributed by atoms with Gasteiger partial charge in [0.05, 0.1) is 17.6 Å². The number of hydrogen-bond acceptors (Lipinski definition) is 6. The van der Waals surface area contributed by atoms with Crippen molar-refractivity contribution >= 4 is 39.3 Å². The zero-order valence-corrected chi connectivity index (χ0v) is 15.4. The predicted molar refractivity (Wildman–Crippen MR) is 95.6 cm³/mol. The number of thiophene rings is 1. The smallest absolute Gasteiger partial charge is 0.418 e. The molecule has 0 spiro atoms. The van der Waals surface area contributed by atoms with Crippen LogP contribution in [-0.2, 0) is 10.9 Å². The number of hydrogen-bond donors (Lipinski definition) is 0. The molecule has 0 radical (unpaired) electrons. The average Bonchev–Trinajstić information content (AvgIpc) is 3.02. The molecule has 136 valence electrons. The van der Waals surface area contributed by atoms with Gasteiger partial charge in [0.1, 0.15) is 14.7 Å². The zero-order valence-electron chi connectivity index (χ0n) is 13.8. The Bertz CT molecular complexity index is 956. The molecule has 4 nitrogen and oxygen atoms in total. The fourth-order valence-corrected chi connectivity index (χ4v) is 4.18. The minimum absolute atomic E-state index is 0.0132. The number of ether oxygens (including phenoxy) is 1. The maximum Gasteiger partial charge on any atom is 0.418 e. The summed E-state index contributed by atoms with van der Waals surface area (Å²) in [6.07, 6.45) is -3.08. The standard InChI is InChI=1S/C17H13F3N2O2S2/c1-3-24-16(23)12-11(17(18,19)20)10-14(25-2)21-13(22-15(10)26-12)9-7-5-4-6-8-9/h4-8H,3H2,1-2H3. The predicted octanol–water partition coefficient (Wildman–Crippen LogP) is 5.28. The van der Waals surface area contributed by atoms with Gasteiger partial charge in [0.25, 0.3) is 0 Å². The fraction of sp³-hybridized carbons (Fsp3) is 0.235. The maximum absolute atomic E-state index is 13.7. The molecular formula is C17H13F3N2O2S2. The van der Waals surface area contributed by atoms with E-state index in [9.17, 15) is 18.0 Å². The van der Waals surface area contributed by atoms with Crippen LogP contribution in [0.15, 0.2) is 35.4 Å². The van der Waals surface area contributed by atoms with Gasteiger partial charge < -0.3 is 4.74 Å². The van der Waals surface area contributed by atoms with E-state index in [1.165, 1.54) is 0 Å². The van der Waals surface area contributed by atoms with E-state index in [1.807, 2.05) is 6.07 Å². The molecule has 0 bridgehead atoms. The van der Waals surface area contributed by atoms with E-state index >= 15 is 0 Å². The normalized spacial score (nSPS) is 11.7. The van der Waals surface area contributed by atoms with Crippen LogP contribution in [-0.4, -0.2) is 28.8 Å². The molecule has 0 aliphatic carbocycles. The van der Waals surface area contributed by atoms with Gasteiger partial charge in [-0.2, -0.15) is 13.2 Å². The molecular weight excluding hydrogens is 385 g/mol. The van der Waals surface area contributed by atoms with Crippen molar-refractivity contribution in [3.8, 4) is 11.4 Å². The van der Waals surface area contributed by atoms with E-state index in [0.29, 0.717) is 22.7 Å². The third-order valence-electron chi connectivity index (χ3n) is 3.49. The SMILES string of the molecule is CCOC(=O)c1sc2nc(-c3ccccc3)nc(SC)c2c1C(F)(F)F. The van der Waals surface area contributed by atoms with Crippen LogP contribution in [0.1, 0.15) is 22.2 Å². The van der Waals surface area contributed by atoms with Crippen molar-refractivity contribution in [3.05, 3.63) is 40.8 Å². The number of thioether (sulfide) groups is 1. The summed E-state index contributed by atoms with van der Waals surface area (Å²) in [7, 11) is 0. The largest absolute Gasteiger partial charge is 0.462 e. The Morgan fingerprint density at radius 1 is 1.23 bits per heavy atom. The Labute approximate surface area is 155 Å². The second kappa shape index (κ2) is 7.24. The summed E-state index contributed by atoms with van der Waals surface area (Å²) in [6, 6.07) is 8.96. The summed E-state index contributed by atoms with van der Waals surface area (Å²) >= 11 is 1.76. The van der Waals surface area contributed by atoms with Crippen LogP contribution >= 0.6 is 23.1 Å². The van der Waals surface area contributed by atoms with Crippen molar-refractivity contribution in [2.75, 3.05) is 12.9 Å². The van der Waals surface area contributed by atoms with E-state index in [-0.39, 0.29) is 21.8 Å². The van der Waals surface area contributed by atoms with Crippen molar-refractivity contribution in [1.29, 1.82) is 0 Å². The minimum Gasteiger partial charge on any atom is -0.462 e. The van der Waals surface area contributed by atoms with Crippen LogP contribution in [0.25, 0.3) is 21.6 Å². The Balaban J connectivity index is 2.32. The van der Waals surface area contributed by atoms with Gasteiger partial charge >= 0.3 is 12.1 Å². The van der Waals surface area contributed by atoms with Gasteiger partial charge in [-0.15, -0.1) is 23.1 Å². The van der Waals surface area contributed by atoms with Gasteiger partial charge in [-0.25, -0.2) is 14.8 Å². The summed E-state index contributed by atoms with van der Waals surface area (Å²) in [5.41, 5.74) is -0.343. The molecule has 0 atom stereocenters. The van der Waals surface area contributed by atoms with Gasteiger partial charge in [-0.05, 0) is 13.2 Å². The lowest BCUT2D eigenvalue weighted by Crippen LogP contribution is -2.13. The van der Waals surface area contributed by atoms with Gasteiger partial charge in [-0.3, -0.25) is 0 Å². The highest BCUT2D eigenvalue weighted by molar-refractivity contribution is 7.98. The number of carbonyl (C=O) groups is 1. The molecule has 0 aliphatic rings. The van der Waals surface area contributed by atoms with Crippen molar-refractivity contribution < 1.29 is 22.7 Å². The molecule has 0 amide bonds. The first-order valence-corrected chi connectivity index (χ1v) is 9.59. The molecule has 0 N–H and O–H groups in total. The third kappa shape index (κ3) is 3.41. The number of esters is 1. The summed E-state index contributed by atoms with van der Waals surface area (Å²) < 4.78 is 45.9. The lowest BCUT2D eigenvalue weighted by molar-refractivity contribution is -0.136. The van der Waals surface area contributed by atoms with Crippen LogP contribution in [0, 0.1) is 0 Å². The van der Waals surface area contributed by atoms with Crippen LogP contribution in [0.5, 0.6) is 0 Å². The number of fused-ring (bicyclic) bond motifs is 1. The molecule has 26 heavy (non-hydrogen) atoms. The molecule has 2 aromatic heterocycles. The average molecular weight is 398 g/mol. The van der Waals surface area contributed by atoms with Crippen molar-refractivity contribution in [1.82, 2.24) is 9.97 Å². The number of halogens is 3. The van der Waals surface area contributed by atoms with E-state index in [1.54, 1.807) is 37.4 Å². The summed E-state index contributed by atoms with van der Waals surface area (Å²) in [5, 5.41) is 0.0192. The monoisotopic (exact) mass is 398 g/mol. The van der Waals surface area contributed by atoms with E-state index in [2.05, 4.69) is 9.97 Å². The molecule has 2 heterocycles. The van der Waals surface area contributed by atoms with Crippen molar-refractivity contribution in [3.63, 3.8) is 0 Å². The second-order valence-electron chi connectivity index (χ2n) is 5.13. The summed E-state index contributed by atoms with van der Waals surface area (Å²) in [4.78, 5) is 20.2. The molecule has 3 rings (SSSR count). The van der Waals surface area contributed by atoms with Crippen LogP contribution in [0.2, 0.25) is 0 Å². The number of benzene rings is 1. The molecule has 0 saturated heterocycles. The third-order valence-corrected chi connectivity index (χ3v) is 5.23. The van der Waals surface area contributed by atoms with E-state index in [0.717, 1.165) is 11.8 Å². The Morgan fingerprint density at radius 2 is 1.92 bits per heavy atom. The molecule has 0 fully saturated rings. The van der Waals surface area contributed by atoms with Gasteiger partial charge in [0.15, 0.2) is 5.82 Å². The van der Waals surface area contributed by atoms with E-state index < -0.39 is 22.6 Å². The Kier molecular flexibility index (Phi) is 5.19. The molecule has 1 aromatic carbocycles. The first kappa shape index (κ1) is 18.7. The lowest BCUT2D eigenvalue weighted by Gasteiger charge is -2.10. The van der Waals surface area contributed by atoms with Crippen molar-refractivity contribution in [2.24, 2.45) is 0 Å². The molecule has 0 saturated carbocycles. The molecule has 0 unspecified atom stereocenters. The number of aromatic nitrogens is 2. The van der Waals surface area contributed by atoms with Gasteiger partial charge in [0, 0.05) is 5.56 Å². The number of carbonyl (C=O) groups excluding carboxylic acids is 1. The van der Waals surface area contributed by atoms with Crippen molar-refractivity contribution in [2.45, 2.75) is 18.1 Å². The Hall–Kier alpha value is -2.13. The van der Waals surface area contributed by atoms with Gasteiger partial charge in [0.2, 0.25) is 0 Å². The van der Waals surface area contributed by atoms with Crippen LogP contribution in [0.4, 0.5) is 13.2 Å². The Morgan fingerprint density at radius 3 is 2.50 bits per heavy atom. The molecule has 9 heteroatoms. The topological polar surface area (TPSA) is 52.1 Å². The summed E-state index contributed by atoms with van der Waals surface area (Å²) in [5.74, 6) is -0.691. The van der Waals surface area contributed by atoms with E-state index in [4.69, 9.17) is 4.74 Å². The fourth-order valence-electron chi connectivity index (χ4n) is 2.44. The molecule has 0 aliphatic heterocycles. The second-order valence-corrected chi connectivity index (χ2v) is 6.92. The number of alkyl halides is 3. The van der Waals surface area contributed by atoms with Crippen LogP contribution in [0.3, 0.4) is 0 Å². The molecule has 3 aromatic rings.